The summed E-state index contributed by atoms with van der Waals surface area (Å²) in [5.41, 5.74) is 1.49. The van der Waals surface area contributed by atoms with Gasteiger partial charge in [0, 0.05) is 37.9 Å². The second-order valence-electron chi connectivity index (χ2n) is 7.09. The Hall–Kier alpha value is -2.15. The number of carbonyl (C=O) groups is 2. The summed E-state index contributed by atoms with van der Waals surface area (Å²) in [7, 11) is 2.04. The molecule has 6 nitrogen and oxygen atoms in total. The zero-order chi connectivity index (χ0) is 19.8. The number of fused-ring (bicyclic) bond motifs is 1. The van der Waals surface area contributed by atoms with E-state index >= 15 is 0 Å². The number of likely N-dealkylation sites (N-methyl/N-ethyl adjacent to an activating group) is 1. The molecule has 2 aromatic rings. The molecule has 0 bridgehead atoms. The average Bonchev–Trinajstić information content (AvgIpc) is 2.95. The van der Waals surface area contributed by atoms with Crippen LogP contribution in [0.5, 0.6) is 0 Å². The molecule has 146 valence electrons. The lowest BCUT2D eigenvalue weighted by Crippen LogP contribution is -2.47. The Labute approximate surface area is 173 Å². The van der Waals surface area contributed by atoms with Crippen molar-refractivity contribution in [1.29, 1.82) is 0 Å². The summed E-state index contributed by atoms with van der Waals surface area (Å²) in [5, 5.41) is 0.733. The van der Waals surface area contributed by atoms with Gasteiger partial charge in [-0.05, 0) is 25.2 Å². The summed E-state index contributed by atoms with van der Waals surface area (Å²) in [6, 6.07) is 8.23. The van der Waals surface area contributed by atoms with Gasteiger partial charge in [0.2, 0.25) is 5.91 Å². The van der Waals surface area contributed by atoms with E-state index in [1.807, 2.05) is 18.0 Å². The summed E-state index contributed by atoms with van der Waals surface area (Å²) in [5.74, 6) is -0.280. The number of hydrogen-bond donors (Lipinski definition) is 0. The standard InChI is InChI=1S/C20H20Cl2N4O2/c1-24-8-10-25(11-9-24)17(27)12-16-13-4-3-7-23-18(13)20(28)26(16)19-14(21)5-2-6-15(19)22/h2-7,16H,8-12H2,1H3. The molecule has 0 spiro atoms. The van der Waals surface area contributed by atoms with E-state index in [1.165, 1.54) is 4.90 Å². The van der Waals surface area contributed by atoms with E-state index in [2.05, 4.69) is 9.88 Å². The van der Waals surface area contributed by atoms with Gasteiger partial charge in [0.25, 0.3) is 5.91 Å². The highest BCUT2D eigenvalue weighted by Crippen LogP contribution is 2.44. The Kier molecular flexibility index (Phi) is 5.27. The van der Waals surface area contributed by atoms with Crippen molar-refractivity contribution in [2.45, 2.75) is 12.5 Å². The number of pyridine rings is 1. The summed E-state index contributed by atoms with van der Waals surface area (Å²) < 4.78 is 0. The molecular formula is C20H20Cl2N4O2. The van der Waals surface area contributed by atoms with E-state index in [4.69, 9.17) is 23.2 Å². The fourth-order valence-corrected chi connectivity index (χ4v) is 4.37. The molecule has 1 unspecified atom stereocenters. The summed E-state index contributed by atoms with van der Waals surface area (Å²) >= 11 is 12.8. The zero-order valence-corrected chi connectivity index (χ0v) is 17.0. The minimum Gasteiger partial charge on any atom is -0.340 e. The number of benzene rings is 1. The lowest BCUT2D eigenvalue weighted by Gasteiger charge is -2.34. The monoisotopic (exact) mass is 418 g/mol. The lowest BCUT2D eigenvalue weighted by molar-refractivity contribution is -0.133. The zero-order valence-electron chi connectivity index (χ0n) is 15.4. The predicted octanol–water partition coefficient (Wildman–Crippen LogP) is 3.25. The first-order valence-corrected chi connectivity index (χ1v) is 9.91. The number of carbonyl (C=O) groups excluding carboxylic acids is 2. The second kappa shape index (κ2) is 7.70. The van der Waals surface area contributed by atoms with Gasteiger partial charge in [-0.25, -0.2) is 0 Å². The first kappa shape index (κ1) is 19.2. The Morgan fingerprint density at radius 2 is 1.79 bits per heavy atom. The van der Waals surface area contributed by atoms with Crippen LogP contribution in [-0.4, -0.2) is 59.8 Å². The van der Waals surface area contributed by atoms with Gasteiger partial charge in [-0.2, -0.15) is 0 Å². The predicted molar refractivity (Wildman–Crippen MR) is 109 cm³/mol. The SMILES string of the molecule is CN1CCN(C(=O)CC2c3cccnc3C(=O)N2c2c(Cl)cccc2Cl)CC1. The molecule has 1 fully saturated rings. The third kappa shape index (κ3) is 3.36. The van der Waals surface area contributed by atoms with Crippen LogP contribution < -0.4 is 4.90 Å². The summed E-state index contributed by atoms with van der Waals surface area (Å²) in [6.07, 6.45) is 1.74. The fraction of sp³-hybridized carbons (Fsp3) is 0.350. The Balaban J connectivity index is 1.69. The number of rotatable bonds is 3. The molecule has 0 N–H and O–H groups in total. The Morgan fingerprint density at radius 1 is 1.11 bits per heavy atom. The van der Waals surface area contributed by atoms with E-state index < -0.39 is 6.04 Å². The number of nitrogens with zero attached hydrogens (tertiary/aromatic N) is 4. The second-order valence-corrected chi connectivity index (χ2v) is 7.91. The van der Waals surface area contributed by atoms with Gasteiger partial charge in [-0.3, -0.25) is 19.5 Å². The molecule has 3 heterocycles. The molecule has 0 saturated carbocycles. The van der Waals surface area contributed by atoms with Crippen LogP contribution in [0.2, 0.25) is 10.0 Å². The van der Waals surface area contributed by atoms with Crippen LogP contribution in [0.3, 0.4) is 0 Å². The van der Waals surface area contributed by atoms with E-state index in [1.54, 1.807) is 30.5 Å². The highest BCUT2D eigenvalue weighted by molar-refractivity contribution is 6.40. The normalized spacial score (nSPS) is 19.8. The minimum atomic E-state index is -0.485. The molecule has 1 aromatic heterocycles. The highest BCUT2D eigenvalue weighted by atomic mass is 35.5. The van der Waals surface area contributed by atoms with Gasteiger partial charge in [0.1, 0.15) is 5.69 Å². The molecule has 4 rings (SSSR count). The maximum absolute atomic E-state index is 13.1. The number of aromatic nitrogens is 1. The fourth-order valence-electron chi connectivity index (χ4n) is 3.79. The van der Waals surface area contributed by atoms with E-state index in [9.17, 15) is 9.59 Å². The van der Waals surface area contributed by atoms with Crippen LogP contribution in [0.1, 0.15) is 28.5 Å². The molecule has 1 aromatic carbocycles. The van der Waals surface area contributed by atoms with Gasteiger partial charge in [0.05, 0.1) is 28.2 Å². The highest BCUT2D eigenvalue weighted by Gasteiger charge is 2.42. The van der Waals surface area contributed by atoms with Gasteiger partial charge >= 0.3 is 0 Å². The van der Waals surface area contributed by atoms with Gasteiger partial charge < -0.3 is 9.80 Å². The molecular weight excluding hydrogens is 399 g/mol. The molecule has 1 saturated heterocycles. The topological polar surface area (TPSA) is 56.8 Å². The van der Waals surface area contributed by atoms with Crippen molar-refractivity contribution in [2.75, 3.05) is 38.1 Å². The Bertz CT molecular complexity index is 908. The third-order valence-electron chi connectivity index (χ3n) is 5.33. The molecule has 2 aliphatic heterocycles. The van der Waals surface area contributed by atoms with Crippen molar-refractivity contribution in [3.63, 3.8) is 0 Å². The molecule has 2 aliphatic rings. The van der Waals surface area contributed by atoms with Crippen molar-refractivity contribution in [2.24, 2.45) is 0 Å². The van der Waals surface area contributed by atoms with Gasteiger partial charge in [-0.15, -0.1) is 0 Å². The maximum Gasteiger partial charge on any atom is 0.277 e. The average molecular weight is 419 g/mol. The van der Waals surface area contributed by atoms with Crippen LogP contribution in [-0.2, 0) is 4.79 Å². The molecule has 0 aliphatic carbocycles. The number of piperazine rings is 1. The van der Waals surface area contributed by atoms with Crippen LogP contribution >= 0.6 is 23.2 Å². The number of hydrogen-bond acceptors (Lipinski definition) is 4. The lowest BCUT2D eigenvalue weighted by atomic mass is 10.0. The van der Waals surface area contributed by atoms with Crippen molar-refractivity contribution < 1.29 is 9.59 Å². The summed E-state index contributed by atoms with van der Waals surface area (Å²) in [4.78, 5) is 35.9. The molecule has 28 heavy (non-hydrogen) atoms. The van der Waals surface area contributed by atoms with Crippen molar-refractivity contribution >= 4 is 40.7 Å². The molecule has 0 radical (unpaired) electrons. The smallest absolute Gasteiger partial charge is 0.277 e. The maximum atomic E-state index is 13.1. The van der Waals surface area contributed by atoms with Crippen LogP contribution in [0.25, 0.3) is 0 Å². The van der Waals surface area contributed by atoms with E-state index in [0.29, 0.717) is 34.5 Å². The van der Waals surface area contributed by atoms with Crippen LogP contribution in [0.4, 0.5) is 5.69 Å². The number of amides is 2. The molecule has 1 atom stereocenters. The molecule has 8 heteroatoms. The van der Waals surface area contributed by atoms with Gasteiger partial charge in [-0.1, -0.05) is 35.3 Å². The first-order valence-electron chi connectivity index (χ1n) is 9.16. The number of para-hydroxylation sites is 1. The third-order valence-corrected chi connectivity index (χ3v) is 5.94. The van der Waals surface area contributed by atoms with Gasteiger partial charge in [0.15, 0.2) is 0 Å². The van der Waals surface area contributed by atoms with Crippen molar-refractivity contribution in [1.82, 2.24) is 14.8 Å². The first-order chi connectivity index (χ1) is 13.5. The molecule has 2 amide bonds. The Morgan fingerprint density at radius 3 is 2.46 bits per heavy atom. The van der Waals surface area contributed by atoms with Crippen LogP contribution in [0, 0.1) is 0 Å². The quantitative estimate of drug-likeness (QED) is 0.767. The van der Waals surface area contributed by atoms with Crippen molar-refractivity contribution in [3.05, 3.63) is 57.8 Å². The van der Waals surface area contributed by atoms with E-state index in [0.717, 1.165) is 18.7 Å². The number of halogens is 2. The summed E-state index contributed by atoms with van der Waals surface area (Å²) in [6.45, 7) is 3.05. The largest absolute Gasteiger partial charge is 0.340 e. The number of anilines is 1. The minimum absolute atomic E-state index is 0.00998. The van der Waals surface area contributed by atoms with E-state index in [-0.39, 0.29) is 18.2 Å². The van der Waals surface area contributed by atoms with Crippen LogP contribution in [0.15, 0.2) is 36.5 Å². The van der Waals surface area contributed by atoms with Crippen molar-refractivity contribution in [3.8, 4) is 0 Å².